The Morgan fingerprint density at radius 3 is 2.05 bits per heavy atom. The third kappa shape index (κ3) is 7.49. The summed E-state index contributed by atoms with van der Waals surface area (Å²) in [4.78, 5) is 7.03. The number of rotatable bonds is 12. The topological polar surface area (TPSA) is 43.3 Å². The first kappa shape index (κ1) is 19.7. The molecule has 120 valence electrons. The third-order valence-electron chi connectivity index (χ3n) is 3.64. The predicted octanol–water partition coefficient (Wildman–Crippen LogP) is 2.45. The molecule has 0 aromatic heterocycles. The lowest BCUT2D eigenvalue weighted by molar-refractivity contribution is 0.123. The zero-order valence-electron chi connectivity index (χ0n) is 14.1. The van der Waals surface area contributed by atoms with E-state index in [4.69, 9.17) is 13.3 Å². The van der Waals surface area contributed by atoms with Gasteiger partial charge in [0, 0.05) is 46.2 Å². The van der Waals surface area contributed by atoms with Crippen LogP contribution in [0.2, 0.25) is 6.04 Å². The first-order valence-corrected chi connectivity index (χ1v) is 9.38. The predicted molar refractivity (Wildman–Crippen MR) is 86.6 cm³/mol. The summed E-state index contributed by atoms with van der Waals surface area (Å²) in [6.45, 7) is 10.6. The number of hydrogen-bond acceptors (Lipinski definition) is 5. The highest BCUT2D eigenvalue weighted by molar-refractivity contribution is 6.60. The van der Waals surface area contributed by atoms with Gasteiger partial charge in [-0.15, -0.1) is 0 Å². The molecule has 0 rings (SSSR count). The lowest BCUT2D eigenvalue weighted by atomic mass is 10.2. The average molecular weight is 305 g/mol. The zero-order chi connectivity index (χ0) is 15.4. The van der Waals surface area contributed by atoms with Gasteiger partial charge >= 0.3 is 8.80 Å². The quantitative estimate of drug-likeness (QED) is 0.315. The Kier molecular flexibility index (Phi) is 11.2. The SMILES string of the molecule is CCN(CC)CCC(C)=NCCC[Si](OC)(OC)OC. The van der Waals surface area contributed by atoms with Crippen LogP contribution in [0.4, 0.5) is 0 Å². The summed E-state index contributed by atoms with van der Waals surface area (Å²) in [6.07, 6.45) is 1.98. The second-order valence-electron chi connectivity index (χ2n) is 4.79. The van der Waals surface area contributed by atoms with Crippen LogP contribution in [0.15, 0.2) is 4.99 Å². The maximum atomic E-state index is 5.39. The first-order valence-electron chi connectivity index (χ1n) is 7.45. The molecule has 5 nitrogen and oxygen atoms in total. The summed E-state index contributed by atoms with van der Waals surface area (Å²) in [6, 6.07) is 0.809. The first-order chi connectivity index (χ1) is 9.57. The fraction of sp³-hybridized carbons (Fsp3) is 0.929. The van der Waals surface area contributed by atoms with E-state index in [0.29, 0.717) is 0 Å². The van der Waals surface area contributed by atoms with Crippen molar-refractivity contribution in [3.63, 3.8) is 0 Å². The smallest absolute Gasteiger partial charge is 0.377 e. The molecule has 20 heavy (non-hydrogen) atoms. The molecule has 0 unspecified atom stereocenters. The number of nitrogens with zero attached hydrogens (tertiary/aromatic N) is 2. The Hall–Kier alpha value is -0.273. The van der Waals surface area contributed by atoms with Crippen LogP contribution in [0.3, 0.4) is 0 Å². The summed E-state index contributed by atoms with van der Waals surface area (Å²) in [5.74, 6) is 0. The second-order valence-corrected chi connectivity index (χ2v) is 7.88. The molecule has 6 heteroatoms. The second kappa shape index (κ2) is 11.4. The van der Waals surface area contributed by atoms with Gasteiger partial charge in [-0.1, -0.05) is 13.8 Å². The summed E-state index contributed by atoms with van der Waals surface area (Å²) in [5.41, 5.74) is 1.22. The molecule has 0 aliphatic rings. The number of aliphatic imine (C=N–C) groups is 1. The van der Waals surface area contributed by atoms with Crippen LogP contribution in [-0.4, -0.2) is 66.9 Å². The molecule has 0 radical (unpaired) electrons. The zero-order valence-corrected chi connectivity index (χ0v) is 15.1. The molecule has 0 heterocycles. The monoisotopic (exact) mass is 304 g/mol. The fourth-order valence-corrected chi connectivity index (χ4v) is 3.76. The molecule has 0 bridgehead atoms. The Balaban J connectivity index is 3.99. The third-order valence-corrected chi connectivity index (χ3v) is 6.47. The molecular weight excluding hydrogens is 272 g/mol. The molecular formula is C14H32N2O3Si. The normalized spacial score (nSPS) is 13.2. The van der Waals surface area contributed by atoms with E-state index in [1.165, 1.54) is 5.71 Å². The van der Waals surface area contributed by atoms with E-state index in [1.807, 2.05) is 0 Å². The van der Waals surface area contributed by atoms with Crippen molar-refractivity contribution in [2.24, 2.45) is 4.99 Å². The minimum atomic E-state index is -2.41. The van der Waals surface area contributed by atoms with Gasteiger partial charge in [0.1, 0.15) is 0 Å². The van der Waals surface area contributed by atoms with E-state index in [9.17, 15) is 0 Å². The molecule has 0 aromatic carbocycles. The fourth-order valence-electron chi connectivity index (χ4n) is 2.06. The van der Waals surface area contributed by atoms with Crippen molar-refractivity contribution in [2.75, 3.05) is 47.5 Å². The van der Waals surface area contributed by atoms with Gasteiger partial charge in [0.05, 0.1) is 0 Å². The highest BCUT2D eigenvalue weighted by atomic mass is 28.4. The molecule has 0 aromatic rings. The molecule has 0 spiro atoms. The van der Waals surface area contributed by atoms with E-state index in [1.54, 1.807) is 21.3 Å². The van der Waals surface area contributed by atoms with E-state index in [0.717, 1.165) is 45.1 Å². The van der Waals surface area contributed by atoms with E-state index >= 15 is 0 Å². The van der Waals surface area contributed by atoms with E-state index < -0.39 is 8.80 Å². The van der Waals surface area contributed by atoms with Crippen molar-refractivity contribution in [3.8, 4) is 0 Å². The van der Waals surface area contributed by atoms with Gasteiger partial charge in [-0.25, -0.2) is 0 Å². The van der Waals surface area contributed by atoms with E-state index in [-0.39, 0.29) is 0 Å². The van der Waals surface area contributed by atoms with Gasteiger partial charge in [-0.05, 0) is 32.9 Å². The summed E-state index contributed by atoms with van der Waals surface area (Å²) < 4.78 is 16.2. The molecule has 0 fully saturated rings. The summed E-state index contributed by atoms with van der Waals surface area (Å²) >= 11 is 0. The van der Waals surface area contributed by atoms with Crippen LogP contribution in [0.5, 0.6) is 0 Å². The molecule has 0 aliphatic carbocycles. The van der Waals surface area contributed by atoms with Crippen molar-refractivity contribution in [1.82, 2.24) is 4.90 Å². The van der Waals surface area contributed by atoms with Crippen LogP contribution in [0.25, 0.3) is 0 Å². The van der Waals surface area contributed by atoms with Crippen LogP contribution < -0.4 is 0 Å². The lowest BCUT2D eigenvalue weighted by Crippen LogP contribution is -2.42. The van der Waals surface area contributed by atoms with Crippen molar-refractivity contribution < 1.29 is 13.3 Å². The molecule has 0 N–H and O–H groups in total. The van der Waals surface area contributed by atoms with Gasteiger partial charge in [0.15, 0.2) is 0 Å². The van der Waals surface area contributed by atoms with E-state index in [2.05, 4.69) is 30.7 Å². The molecule has 0 saturated carbocycles. The minimum Gasteiger partial charge on any atom is -0.377 e. The highest BCUT2D eigenvalue weighted by Gasteiger charge is 2.36. The van der Waals surface area contributed by atoms with Gasteiger partial charge in [-0.3, -0.25) is 4.99 Å². The number of hydrogen-bond donors (Lipinski definition) is 0. The van der Waals surface area contributed by atoms with Gasteiger partial charge in [0.2, 0.25) is 0 Å². The highest BCUT2D eigenvalue weighted by Crippen LogP contribution is 2.14. The molecule has 0 saturated heterocycles. The van der Waals surface area contributed by atoms with Crippen molar-refractivity contribution in [2.45, 2.75) is 39.7 Å². The van der Waals surface area contributed by atoms with Gasteiger partial charge < -0.3 is 18.2 Å². The molecule has 0 atom stereocenters. The van der Waals surface area contributed by atoms with Crippen LogP contribution in [0, 0.1) is 0 Å². The summed E-state index contributed by atoms with van der Waals surface area (Å²) in [5, 5.41) is 0. The van der Waals surface area contributed by atoms with Crippen molar-refractivity contribution in [3.05, 3.63) is 0 Å². The maximum absolute atomic E-state index is 5.39. The molecule has 0 amide bonds. The van der Waals surface area contributed by atoms with Gasteiger partial charge in [0.25, 0.3) is 0 Å². The van der Waals surface area contributed by atoms with Gasteiger partial charge in [-0.2, -0.15) is 0 Å². The molecule has 0 aliphatic heterocycles. The maximum Gasteiger partial charge on any atom is 0.500 e. The largest absolute Gasteiger partial charge is 0.500 e. The van der Waals surface area contributed by atoms with Crippen molar-refractivity contribution in [1.29, 1.82) is 0 Å². The summed E-state index contributed by atoms with van der Waals surface area (Å²) in [7, 11) is 2.54. The Bertz CT molecular complexity index is 259. The minimum absolute atomic E-state index is 0.809. The Labute approximate surface area is 125 Å². The Morgan fingerprint density at radius 1 is 1.05 bits per heavy atom. The van der Waals surface area contributed by atoms with Crippen molar-refractivity contribution >= 4 is 14.5 Å². The van der Waals surface area contributed by atoms with Crippen LogP contribution >= 0.6 is 0 Å². The Morgan fingerprint density at radius 2 is 1.60 bits per heavy atom. The standard InChI is InChI=1S/C14H32N2O3Si/c1-7-16(8-2)12-10-14(3)15-11-9-13-20(17-4,18-5)19-6/h7-13H2,1-6H3. The average Bonchev–Trinajstić information content (AvgIpc) is 2.49. The van der Waals surface area contributed by atoms with Crippen LogP contribution in [0.1, 0.15) is 33.6 Å². The lowest BCUT2D eigenvalue weighted by Gasteiger charge is -2.23. The van der Waals surface area contributed by atoms with Crippen LogP contribution in [-0.2, 0) is 13.3 Å².